The molecule has 1 saturated carbocycles. The lowest BCUT2D eigenvalue weighted by atomic mass is 9.92. The second-order valence-corrected chi connectivity index (χ2v) is 7.15. The van der Waals surface area contributed by atoms with Crippen molar-refractivity contribution in [3.63, 3.8) is 0 Å². The van der Waals surface area contributed by atoms with Crippen LogP contribution in [0.1, 0.15) is 55.6 Å². The molecule has 0 amide bonds. The molecule has 1 N–H and O–H groups in total. The highest BCUT2D eigenvalue weighted by molar-refractivity contribution is 5.41. The first kappa shape index (κ1) is 13.6. The third kappa shape index (κ3) is 2.36. The van der Waals surface area contributed by atoms with Crippen molar-refractivity contribution in [2.75, 3.05) is 7.05 Å². The molecule has 0 saturated heterocycles. The number of rotatable bonds is 3. The van der Waals surface area contributed by atoms with Crippen LogP contribution in [-0.2, 0) is 6.42 Å². The summed E-state index contributed by atoms with van der Waals surface area (Å²) in [5.74, 6) is 2.61. The van der Waals surface area contributed by atoms with E-state index in [2.05, 4.69) is 42.7 Å². The highest BCUT2D eigenvalue weighted by Crippen LogP contribution is 2.62. The zero-order valence-electron chi connectivity index (χ0n) is 13.1. The molecular formula is C20H27N. The summed E-state index contributed by atoms with van der Waals surface area (Å²) in [6, 6.07) is 9.81. The quantitative estimate of drug-likeness (QED) is 0.808. The van der Waals surface area contributed by atoms with Crippen LogP contribution < -0.4 is 5.32 Å². The molecule has 1 aromatic rings. The fourth-order valence-electron chi connectivity index (χ4n) is 5.02. The minimum Gasteiger partial charge on any atom is -0.313 e. The number of benzene rings is 1. The molecule has 0 aromatic heterocycles. The Morgan fingerprint density at radius 1 is 1.10 bits per heavy atom. The summed E-state index contributed by atoms with van der Waals surface area (Å²) in [5.41, 5.74) is 4.99. The van der Waals surface area contributed by atoms with Gasteiger partial charge in [0.15, 0.2) is 0 Å². The third-order valence-electron chi connectivity index (χ3n) is 6.06. The van der Waals surface area contributed by atoms with E-state index in [0.29, 0.717) is 6.04 Å². The standard InChI is InChI=1S/C20H27N/c1-21-20(15-9-4-2-3-5-10-15)19-17-13-12-14-8-6-7-11-16(14)18(17)19/h6-9,11,17-21H,2-5,10,12-13H2,1H3. The van der Waals surface area contributed by atoms with Gasteiger partial charge in [0, 0.05) is 6.04 Å². The summed E-state index contributed by atoms with van der Waals surface area (Å²) in [6.07, 6.45) is 12.1. The number of hydrogen-bond donors (Lipinski definition) is 1. The van der Waals surface area contributed by atoms with Gasteiger partial charge in [0.1, 0.15) is 0 Å². The van der Waals surface area contributed by atoms with Gasteiger partial charge >= 0.3 is 0 Å². The first-order chi connectivity index (χ1) is 10.4. The molecule has 0 radical (unpaired) electrons. The lowest BCUT2D eigenvalue weighted by molar-refractivity contribution is 0.502. The number of aryl methyl sites for hydroxylation is 1. The number of likely N-dealkylation sites (N-methyl/N-ethyl adjacent to an activating group) is 1. The van der Waals surface area contributed by atoms with Gasteiger partial charge in [-0.25, -0.2) is 0 Å². The minimum absolute atomic E-state index is 0.629. The van der Waals surface area contributed by atoms with Gasteiger partial charge in [-0.1, -0.05) is 42.3 Å². The molecule has 0 bridgehead atoms. The normalized spacial score (nSPS) is 32.4. The molecular weight excluding hydrogens is 254 g/mol. The molecule has 1 aromatic carbocycles. The Kier molecular flexibility index (Phi) is 3.62. The lowest BCUT2D eigenvalue weighted by Crippen LogP contribution is -2.30. The van der Waals surface area contributed by atoms with E-state index in [0.717, 1.165) is 17.8 Å². The second-order valence-electron chi connectivity index (χ2n) is 7.15. The Hall–Kier alpha value is -1.08. The van der Waals surface area contributed by atoms with Gasteiger partial charge < -0.3 is 5.32 Å². The average molecular weight is 281 g/mol. The molecule has 4 rings (SSSR count). The SMILES string of the molecule is CNC(C1=CCCCCC1)C1C2CCc3ccccc3C21. The predicted molar refractivity (Wildman–Crippen MR) is 88.5 cm³/mol. The van der Waals surface area contributed by atoms with E-state index >= 15 is 0 Å². The first-order valence-corrected chi connectivity index (χ1v) is 8.84. The Bertz CT molecular complexity index is 545. The molecule has 0 aliphatic heterocycles. The number of allylic oxidation sites excluding steroid dienone is 1. The van der Waals surface area contributed by atoms with Crippen molar-refractivity contribution < 1.29 is 0 Å². The zero-order valence-corrected chi connectivity index (χ0v) is 13.1. The van der Waals surface area contributed by atoms with Crippen molar-refractivity contribution in [1.29, 1.82) is 0 Å². The Labute approximate surface area is 128 Å². The van der Waals surface area contributed by atoms with E-state index in [1.54, 1.807) is 16.7 Å². The van der Waals surface area contributed by atoms with Crippen LogP contribution in [0.4, 0.5) is 0 Å². The fourth-order valence-corrected chi connectivity index (χ4v) is 5.02. The Balaban J connectivity index is 1.58. The summed E-state index contributed by atoms with van der Waals surface area (Å²) in [4.78, 5) is 0. The largest absolute Gasteiger partial charge is 0.313 e. The molecule has 1 fully saturated rings. The maximum Gasteiger partial charge on any atom is 0.0313 e. The predicted octanol–water partition coefficient (Wildman–Crippen LogP) is 4.44. The van der Waals surface area contributed by atoms with E-state index in [-0.39, 0.29) is 0 Å². The van der Waals surface area contributed by atoms with Crippen LogP contribution in [-0.4, -0.2) is 13.1 Å². The van der Waals surface area contributed by atoms with Crippen LogP contribution in [0.15, 0.2) is 35.9 Å². The van der Waals surface area contributed by atoms with Crippen molar-refractivity contribution >= 4 is 0 Å². The van der Waals surface area contributed by atoms with Crippen molar-refractivity contribution in [2.45, 2.75) is 56.9 Å². The third-order valence-corrected chi connectivity index (χ3v) is 6.06. The molecule has 4 unspecified atom stereocenters. The van der Waals surface area contributed by atoms with Gasteiger partial charge in [0.25, 0.3) is 0 Å². The monoisotopic (exact) mass is 281 g/mol. The molecule has 1 heteroatoms. The second kappa shape index (κ2) is 5.61. The maximum absolute atomic E-state index is 3.68. The van der Waals surface area contributed by atoms with E-state index in [1.807, 2.05) is 0 Å². The smallest absolute Gasteiger partial charge is 0.0313 e. The van der Waals surface area contributed by atoms with E-state index < -0.39 is 0 Å². The molecule has 3 aliphatic rings. The van der Waals surface area contributed by atoms with Crippen LogP contribution >= 0.6 is 0 Å². The Morgan fingerprint density at radius 3 is 2.90 bits per heavy atom. The molecule has 1 nitrogen and oxygen atoms in total. The van der Waals surface area contributed by atoms with Gasteiger partial charge in [-0.2, -0.15) is 0 Å². The van der Waals surface area contributed by atoms with Crippen molar-refractivity contribution in [3.8, 4) is 0 Å². The molecule has 0 spiro atoms. The summed E-state index contributed by atoms with van der Waals surface area (Å²) in [5, 5.41) is 3.68. The van der Waals surface area contributed by atoms with Crippen LogP contribution in [0.5, 0.6) is 0 Å². The highest BCUT2D eigenvalue weighted by Gasteiger charge is 2.56. The highest BCUT2D eigenvalue weighted by atomic mass is 14.9. The maximum atomic E-state index is 3.68. The summed E-state index contributed by atoms with van der Waals surface area (Å²) in [7, 11) is 2.17. The molecule has 3 aliphatic carbocycles. The van der Waals surface area contributed by atoms with Gasteiger partial charge in [0.2, 0.25) is 0 Å². The lowest BCUT2D eigenvalue weighted by Gasteiger charge is -2.20. The van der Waals surface area contributed by atoms with Gasteiger partial charge in [0.05, 0.1) is 0 Å². The van der Waals surface area contributed by atoms with Crippen molar-refractivity contribution in [1.82, 2.24) is 5.32 Å². The zero-order chi connectivity index (χ0) is 14.2. The van der Waals surface area contributed by atoms with E-state index in [1.165, 1.54) is 44.9 Å². The topological polar surface area (TPSA) is 12.0 Å². The van der Waals surface area contributed by atoms with Crippen molar-refractivity contribution in [2.24, 2.45) is 11.8 Å². The number of fused-ring (bicyclic) bond motifs is 3. The van der Waals surface area contributed by atoms with Crippen LogP contribution in [0.25, 0.3) is 0 Å². The van der Waals surface area contributed by atoms with Crippen LogP contribution in [0.3, 0.4) is 0 Å². The number of nitrogens with one attached hydrogen (secondary N) is 1. The fraction of sp³-hybridized carbons (Fsp3) is 0.600. The van der Waals surface area contributed by atoms with E-state index in [4.69, 9.17) is 0 Å². The molecule has 0 heterocycles. The number of hydrogen-bond acceptors (Lipinski definition) is 1. The molecule has 112 valence electrons. The van der Waals surface area contributed by atoms with Gasteiger partial charge in [-0.05, 0) is 74.5 Å². The minimum atomic E-state index is 0.629. The molecule has 4 atom stereocenters. The average Bonchev–Trinajstić information content (AvgIpc) is 3.29. The van der Waals surface area contributed by atoms with Crippen molar-refractivity contribution in [3.05, 3.63) is 47.0 Å². The molecule has 21 heavy (non-hydrogen) atoms. The first-order valence-electron chi connectivity index (χ1n) is 8.84. The van der Waals surface area contributed by atoms with Crippen LogP contribution in [0, 0.1) is 11.8 Å². The Morgan fingerprint density at radius 2 is 2.00 bits per heavy atom. The summed E-state index contributed by atoms with van der Waals surface area (Å²) < 4.78 is 0. The van der Waals surface area contributed by atoms with Crippen LogP contribution in [0.2, 0.25) is 0 Å². The summed E-state index contributed by atoms with van der Waals surface area (Å²) in [6.45, 7) is 0. The summed E-state index contributed by atoms with van der Waals surface area (Å²) >= 11 is 0. The van der Waals surface area contributed by atoms with Gasteiger partial charge in [-0.3, -0.25) is 0 Å². The van der Waals surface area contributed by atoms with Gasteiger partial charge in [-0.15, -0.1) is 0 Å². The van der Waals surface area contributed by atoms with E-state index in [9.17, 15) is 0 Å².